The molecule has 6 heteroatoms. The fourth-order valence-corrected chi connectivity index (χ4v) is 1.57. The maximum absolute atomic E-state index is 12.2. The number of benzene rings is 1. The van der Waals surface area contributed by atoms with Crippen LogP contribution in [-0.4, -0.2) is 27.6 Å². The SMILES string of the molecule is Cc1ccc(C#CCN)cc1C(=O)Nc1nccnn1. The van der Waals surface area contributed by atoms with E-state index in [1.165, 1.54) is 12.4 Å². The lowest BCUT2D eigenvalue weighted by atomic mass is 10.0. The summed E-state index contributed by atoms with van der Waals surface area (Å²) in [4.78, 5) is 16.1. The van der Waals surface area contributed by atoms with Gasteiger partial charge in [-0.15, -0.1) is 5.10 Å². The molecular formula is C14H13N5O. The number of nitrogens with one attached hydrogen (secondary N) is 1. The molecule has 0 saturated carbocycles. The number of aromatic nitrogens is 3. The van der Waals surface area contributed by atoms with Crippen LogP contribution < -0.4 is 11.1 Å². The molecule has 1 aromatic heterocycles. The summed E-state index contributed by atoms with van der Waals surface area (Å²) in [7, 11) is 0. The fraction of sp³-hybridized carbons (Fsp3) is 0.143. The highest BCUT2D eigenvalue weighted by Crippen LogP contribution is 2.12. The zero-order chi connectivity index (χ0) is 14.4. The lowest BCUT2D eigenvalue weighted by Gasteiger charge is -2.06. The monoisotopic (exact) mass is 267 g/mol. The van der Waals surface area contributed by atoms with Crippen LogP contribution in [0.1, 0.15) is 21.5 Å². The van der Waals surface area contributed by atoms with Crippen LogP contribution in [0.25, 0.3) is 0 Å². The van der Waals surface area contributed by atoms with Crippen LogP contribution in [0.4, 0.5) is 5.95 Å². The van der Waals surface area contributed by atoms with E-state index in [4.69, 9.17) is 5.73 Å². The zero-order valence-electron chi connectivity index (χ0n) is 10.9. The first-order chi connectivity index (χ1) is 9.70. The van der Waals surface area contributed by atoms with Gasteiger partial charge >= 0.3 is 0 Å². The molecule has 0 aliphatic rings. The number of rotatable bonds is 2. The van der Waals surface area contributed by atoms with Crippen molar-refractivity contribution in [1.29, 1.82) is 0 Å². The van der Waals surface area contributed by atoms with Crippen LogP contribution in [0.15, 0.2) is 30.6 Å². The lowest BCUT2D eigenvalue weighted by molar-refractivity contribution is 0.102. The number of anilines is 1. The standard InChI is InChI=1S/C14H13N5O/c1-10-4-5-11(3-2-6-15)9-12(10)13(20)18-14-16-7-8-17-19-14/h4-5,7-9H,6,15H2,1H3,(H,16,18,19,20). The molecule has 1 amide bonds. The van der Waals surface area contributed by atoms with E-state index in [2.05, 4.69) is 32.3 Å². The highest BCUT2D eigenvalue weighted by Gasteiger charge is 2.11. The number of carbonyl (C=O) groups excluding carboxylic acids is 1. The van der Waals surface area contributed by atoms with Crippen molar-refractivity contribution >= 4 is 11.9 Å². The van der Waals surface area contributed by atoms with Gasteiger partial charge in [0, 0.05) is 11.1 Å². The molecule has 0 bridgehead atoms. The quantitative estimate of drug-likeness (QED) is 0.783. The Hall–Kier alpha value is -2.78. The van der Waals surface area contributed by atoms with Crippen LogP contribution in [-0.2, 0) is 0 Å². The van der Waals surface area contributed by atoms with Crippen molar-refractivity contribution in [2.75, 3.05) is 11.9 Å². The number of nitrogens with zero attached hydrogens (tertiary/aromatic N) is 3. The van der Waals surface area contributed by atoms with Crippen LogP contribution >= 0.6 is 0 Å². The van der Waals surface area contributed by atoms with Gasteiger partial charge in [0.15, 0.2) is 0 Å². The number of aryl methyl sites for hydroxylation is 1. The van der Waals surface area contributed by atoms with E-state index in [1.807, 2.05) is 19.1 Å². The molecule has 0 saturated heterocycles. The summed E-state index contributed by atoms with van der Waals surface area (Å²) in [5, 5.41) is 9.94. The van der Waals surface area contributed by atoms with Crippen molar-refractivity contribution in [3.05, 3.63) is 47.3 Å². The van der Waals surface area contributed by atoms with E-state index in [0.29, 0.717) is 5.56 Å². The minimum absolute atomic E-state index is 0.162. The fourth-order valence-electron chi connectivity index (χ4n) is 1.57. The third-order valence-corrected chi connectivity index (χ3v) is 2.52. The van der Waals surface area contributed by atoms with Crippen LogP contribution in [0.3, 0.4) is 0 Å². The highest BCUT2D eigenvalue weighted by molar-refractivity contribution is 6.04. The Morgan fingerprint density at radius 1 is 1.40 bits per heavy atom. The van der Waals surface area contributed by atoms with Crippen LogP contribution in [0.2, 0.25) is 0 Å². The summed E-state index contributed by atoms with van der Waals surface area (Å²) in [6, 6.07) is 5.39. The van der Waals surface area contributed by atoms with Gasteiger partial charge in [-0.05, 0) is 24.6 Å². The average molecular weight is 267 g/mol. The molecule has 100 valence electrons. The number of carbonyl (C=O) groups is 1. The predicted molar refractivity (Wildman–Crippen MR) is 74.9 cm³/mol. The van der Waals surface area contributed by atoms with Crippen LogP contribution in [0, 0.1) is 18.8 Å². The van der Waals surface area contributed by atoms with E-state index in [-0.39, 0.29) is 18.4 Å². The van der Waals surface area contributed by atoms with E-state index in [0.717, 1.165) is 11.1 Å². The molecule has 20 heavy (non-hydrogen) atoms. The van der Waals surface area contributed by atoms with Gasteiger partial charge in [0.05, 0.1) is 18.9 Å². The summed E-state index contributed by atoms with van der Waals surface area (Å²) in [5.74, 6) is 5.51. The molecule has 0 aliphatic heterocycles. The minimum Gasteiger partial charge on any atom is -0.320 e. The molecule has 0 radical (unpaired) electrons. The summed E-state index contributed by atoms with van der Waals surface area (Å²) < 4.78 is 0. The second-order valence-corrected chi connectivity index (χ2v) is 3.96. The molecule has 1 aromatic carbocycles. The van der Waals surface area contributed by atoms with Gasteiger partial charge in [-0.1, -0.05) is 17.9 Å². The molecule has 1 heterocycles. The van der Waals surface area contributed by atoms with Gasteiger partial charge < -0.3 is 5.73 Å². The molecule has 3 N–H and O–H groups in total. The van der Waals surface area contributed by atoms with Gasteiger partial charge in [-0.25, -0.2) is 4.98 Å². The number of amides is 1. The third-order valence-electron chi connectivity index (χ3n) is 2.52. The Morgan fingerprint density at radius 3 is 2.95 bits per heavy atom. The van der Waals surface area contributed by atoms with Gasteiger partial charge in [-0.3, -0.25) is 10.1 Å². The average Bonchev–Trinajstić information content (AvgIpc) is 2.47. The molecular weight excluding hydrogens is 254 g/mol. The number of hydrogen-bond donors (Lipinski definition) is 2. The second-order valence-electron chi connectivity index (χ2n) is 3.96. The van der Waals surface area contributed by atoms with Crippen molar-refractivity contribution in [3.8, 4) is 11.8 Å². The maximum Gasteiger partial charge on any atom is 0.258 e. The highest BCUT2D eigenvalue weighted by atomic mass is 16.1. The van der Waals surface area contributed by atoms with Crippen molar-refractivity contribution in [2.45, 2.75) is 6.92 Å². The molecule has 0 atom stereocenters. The van der Waals surface area contributed by atoms with Crippen molar-refractivity contribution in [2.24, 2.45) is 5.73 Å². The first kappa shape index (κ1) is 13.6. The molecule has 0 spiro atoms. The smallest absolute Gasteiger partial charge is 0.258 e. The Balaban J connectivity index is 2.25. The topological polar surface area (TPSA) is 93.8 Å². The van der Waals surface area contributed by atoms with Crippen molar-refractivity contribution in [1.82, 2.24) is 15.2 Å². The molecule has 2 rings (SSSR count). The Morgan fingerprint density at radius 2 is 2.25 bits per heavy atom. The first-order valence-corrected chi connectivity index (χ1v) is 5.95. The largest absolute Gasteiger partial charge is 0.320 e. The van der Waals surface area contributed by atoms with Crippen LogP contribution in [0.5, 0.6) is 0 Å². The summed E-state index contributed by atoms with van der Waals surface area (Å²) in [5.41, 5.74) is 7.42. The van der Waals surface area contributed by atoms with Gasteiger partial charge in [0.2, 0.25) is 5.95 Å². The molecule has 0 aliphatic carbocycles. The Kier molecular flexibility index (Phi) is 4.37. The van der Waals surface area contributed by atoms with Gasteiger partial charge in [0.1, 0.15) is 0 Å². The summed E-state index contributed by atoms with van der Waals surface area (Å²) in [6.45, 7) is 2.12. The second kappa shape index (κ2) is 6.41. The molecule has 0 unspecified atom stereocenters. The summed E-state index contributed by atoms with van der Waals surface area (Å²) >= 11 is 0. The first-order valence-electron chi connectivity index (χ1n) is 5.95. The van der Waals surface area contributed by atoms with Gasteiger partial charge in [-0.2, -0.15) is 5.10 Å². The van der Waals surface area contributed by atoms with Gasteiger partial charge in [0.25, 0.3) is 5.91 Å². The van der Waals surface area contributed by atoms with E-state index in [1.54, 1.807) is 6.07 Å². The minimum atomic E-state index is -0.299. The van der Waals surface area contributed by atoms with Crippen molar-refractivity contribution < 1.29 is 4.79 Å². The third kappa shape index (κ3) is 3.37. The summed E-state index contributed by atoms with van der Waals surface area (Å²) in [6.07, 6.45) is 2.89. The molecule has 2 aromatic rings. The number of nitrogens with two attached hydrogens (primary N) is 1. The Bertz CT molecular complexity index is 673. The molecule has 0 fully saturated rings. The Labute approximate surface area is 116 Å². The normalized spacial score (nSPS) is 9.50. The van der Waals surface area contributed by atoms with E-state index >= 15 is 0 Å². The zero-order valence-corrected chi connectivity index (χ0v) is 10.9. The molecule has 6 nitrogen and oxygen atoms in total. The van der Waals surface area contributed by atoms with Crippen molar-refractivity contribution in [3.63, 3.8) is 0 Å². The predicted octanol–water partition coefficient (Wildman–Crippen LogP) is 0.743. The maximum atomic E-state index is 12.2. The van der Waals surface area contributed by atoms with E-state index in [9.17, 15) is 4.79 Å². The van der Waals surface area contributed by atoms with E-state index < -0.39 is 0 Å². The lowest BCUT2D eigenvalue weighted by Crippen LogP contribution is -2.15. The number of hydrogen-bond acceptors (Lipinski definition) is 5.